The Balaban J connectivity index is 1.24. The zero-order valence-corrected chi connectivity index (χ0v) is 19.2. The number of rotatable bonds is 7. The number of hydrogen-bond acceptors (Lipinski definition) is 6. The molecule has 1 aliphatic heterocycles. The molecule has 9 nitrogen and oxygen atoms in total. The molecule has 9 heteroatoms. The second kappa shape index (κ2) is 9.05. The van der Waals surface area contributed by atoms with Gasteiger partial charge in [-0.2, -0.15) is 0 Å². The van der Waals surface area contributed by atoms with Crippen molar-refractivity contribution in [3.8, 4) is 11.1 Å². The summed E-state index contributed by atoms with van der Waals surface area (Å²) in [6.45, 7) is 2.17. The third-order valence-corrected chi connectivity index (χ3v) is 7.17. The van der Waals surface area contributed by atoms with E-state index in [4.69, 9.17) is 9.47 Å². The number of nitrogens with one attached hydrogen (secondary N) is 1. The molecule has 2 aromatic rings. The Morgan fingerprint density at radius 1 is 0.971 bits per heavy atom. The molecule has 5 rings (SSSR count). The standard InChI is InChI=1S/C26H26N2O7/c1-2-34-25(32)22(23(29)28-11-18-19(12-28)21(18)24(30)31)27-26(33)35-13-20-16-9-5-3-7-14(16)15-8-4-6-10-17(15)20/h3-10,18-22H,2,11-13H2,1H3,(H,27,33)(H,30,31)/t18-,19+,21?,22?. The van der Waals surface area contributed by atoms with Crippen molar-refractivity contribution in [3.05, 3.63) is 59.7 Å². The van der Waals surface area contributed by atoms with Crippen LogP contribution >= 0.6 is 0 Å². The molecule has 1 saturated carbocycles. The zero-order chi connectivity index (χ0) is 24.7. The number of aliphatic carboxylic acids is 1. The molecule has 1 saturated heterocycles. The van der Waals surface area contributed by atoms with Crippen LogP contribution in [0.4, 0.5) is 4.79 Å². The number of amides is 2. The number of hydrogen-bond donors (Lipinski definition) is 2. The average Bonchev–Trinajstić information content (AvgIpc) is 3.20. The van der Waals surface area contributed by atoms with Gasteiger partial charge in [0.1, 0.15) is 6.61 Å². The summed E-state index contributed by atoms with van der Waals surface area (Å²) in [4.78, 5) is 50.8. The maximum Gasteiger partial charge on any atom is 0.408 e. The van der Waals surface area contributed by atoms with Gasteiger partial charge in [-0.15, -0.1) is 0 Å². The van der Waals surface area contributed by atoms with E-state index >= 15 is 0 Å². The average molecular weight is 479 g/mol. The van der Waals surface area contributed by atoms with E-state index in [1.807, 2.05) is 48.5 Å². The van der Waals surface area contributed by atoms with Crippen LogP contribution in [0.5, 0.6) is 0 Å². The summed E-state index contributed by atoms with van der Waals surface area (Å²) < 4.78 is 10.5. The first-order chi connectivity index (χ1) is 16.9. The molecule has 2 aromatic carbocycles. The monoisotopic (exact) mass is 478 g/mol. The highest BCUT2D eigenvalue weighted by Crippen LogP contribution is 2.51. The lowest BCUT2D eigenvalue weighted by atomic mass is 9.98. The molecule has 35 heavy (non-hydrogen) atoms. The lowest BCUT2D eigenvalue weighted by Crippen LogP contribution is -2.53. The Kier molecular flexibility index (Phi) is 5.92. The van der Waals surface area contributed by atoms with Gasteiger partial charge in [0.2, 0.25) is 6.04 Å². The summed E-state index contributed by atoms with van der Waals surface area (Å²) in [6.07, 6.45) is -0.897. The van der Waals surface area contributed by atoms with Gasteiger partial charge in [0.05, 0.1) is 12.5 Å². The first-order valence-corrected chi connectivity index (χ1v) is 11.7. The highest BCUT2D eigenvalue weighted by Gasteiger charge is 2.61. The number of likely N-dealkylation sites (tertiary alicyclic amines) is 1. The fourth-order valence-corrected chi connectivity index (χ4v) is 5.46. The van der Waals surface area contributed by atoms with Crippen LogP contribution in [0, 0.1) is 17.8 Å². The number of benzene rings is 2. The van der Waals surface area contributed by atoms with Gasteiger partial charge in [0, 0.05) is 19.0 Å². The molecule has 0 aromatic heterocycles. The molecule has 0 spiro atoms. The van der Waals surface area contributed by atoms with E-state index in [2.05, 4.69) is 5.32 Å². The highest BCUT2D eigenvalue weighted by atomic mass is 16.6. The minimum atomic E-state index is -1.55. The second-order valence-electron chi connectivity index (χ2n) is 9.09. The molecule has 2 unspecified atom stereocenters. The third kappa shape index (κ3) is 4.11. The van der Waals surface area contributed by atoms with E-state index in [0.717, 1.165) is 22.3 Å². The Morgan fingerprint density at radius 2 is 1.54 bits per heavy atom. The number of carboxylic acids is 1. The summed E-state index contributed by atoms with van der Waals surface area (Å²) in [5, 5.41) is 11.6. The van der Waals surface area contributed by atoms with Crippen LogP contribution in [0.3, 0.4) is 0 Å². The van der Waals surface area contributed by atoms with Crippen molar-refractivity contribution in [3.63, 3.8) is 0 Å². The quantitative estimate of drug-likeness (QED) is 0.462. The minimum Gasteiger partial charge on any atom is -0.481 e. The summed E-state index contributed by atoms with van der Waals surface area (Å²) in [5.74, 6) is -3.21. The number of carbonyl (C=O) groups excluding carboxylic acids is 3. The molecule has 0 bridgehead atoms. The first-order valence-electron chi connectivity index (χ1n) is 11.7. The summed E-state index contributed by atoms with van der Waals surface area (Å²) >= 11 is 0. The number of fused-ring (bicyclic) bond motifs is 4. The Bertz CT molecular complexity index is 1140. The zero-order valence-electron chi connectivity index (χ0n) is 19.2. The lowest BCUT2D eigenvalue weighted by molar-refractivity contribution is -0.152. The van der Waals surface area contributed by atoms with E-state index in [1.165, 1.54) is 4.90 Å². The fourth-order valence-electron chi connectivity index (χ4n) is 5.46. The second-order valence-corrected chi connectivity index (χ2v) is 9.09. The van der Waals surface area contributed by atoms with Crippen LogP contribution in [0.2, 0.25) is 0 Å². The van der Waals surface area contributed by atoms with Crippen LogP contribution in [0.25, 0.3) is 11.1 Å². The van der Waals surface area contributed by atoms with Crippen LogP contribution in [0.15, 0.2) is 48.5 Å². The Labute approximate surface area is 202 Å². The number of esters is 1. The molecule has 1 heterocycles. The number of piperidine rings is 1. The van der Waals surface area contributed by atoms with Crippen LogP contribution in [-0.4, -0.2) is 66.3 Å². The van der Waals surface area contributed by atoms with Crippen molar-refractivity contribution in [1.29, 1.82) is 0 Å². The number of carbonyl (C=O) groups is 4. The third-order valence-electron chi connectivity index (χ3n) is 7.17. The van der Waals surface area contributed by atoms with Gasteiger partial charge in [-0.05, 0) is 41.0 Å². The fraction of sp³-hybridized carbons (Fsp3) is 0.385. The lowest BCUT2D eigenvalue weighted by Gasteiger charge is -2.24. The predicted octanol–water partition coefficient (Wildman–Crippen LogP) is 2.25. The van der Waals surface area contributed by atoms with Crippen LogP contribution < -0.4 is 5.32 Å². The number of alkyl carbamates (subject to hydrolysis) is 1. The summed E-state index contributed by atoms with van der Waals surface area (Å²) in [6, 6.07) is 14.3. The van der Waals surface area contributed by atoms with Gasteiger partial charge in [-0.3, -0.25) is 14.9 Å². The number of ether oxygens (including phenoxy) is 2. The van der Waals surface area contributed by atoms with Gasteiger partial charge in [0.25, 0.3) is 5.91 Å². The molecule has 2 fully saturated rings. The van der Waals surface area contributed by atoms with Crippen LogP contribution in [-0.2, 0) is 23.9 Å². The van der Waals surface area contributed by atoms with E-state index < -0.39 is 35.9 Å². The minimum absolute atomic E-state index is 0.0394. The molecular weight excluding hydrogens is 452 g/mol. The molecule has 0 radical (unpaired) electrons. The van der Waals surface area contributed by atoms with E-state index in [9.17, 15) is 24.3 Å². The molecule has 182 valence electrons. The molecule has 2 N–H and O–H groups in total. The maximum absolute atomic E-state index is 13.0. The SMILES string of the molecule is CCOC(=O)C(NC(=O)OCC1c2ccccc2-c2ccccc21)C(=O)N1C[C@@H]2C(C(=O)O)[C@@H]2C1. The van der Waals surface area contributed by atoms with Crippen LogP contribution in [0.1, 0.15) is 24.0 Å². The smallest absolute Gasteiger partial charge is 0.408 e. The van der Waals surface area contributed by atoms with Crippen molar-refractivity contribution in [2.45, 2.75) is 18.9 Å². The Hall–Kier alpha value is -3.88. The van der Waals surface area contributed by atoms with Crippen molar-refractivity contribution in [2.75, 3.05) is 26.3 Å². The van der Waals surface area contributed by atoms with Crippen molar-refractivity contribution in [2.24, 2.45) is 17.8 Å². The van der Waals surface area contributed by atoms with Crippen molar-refractivity contribution < 1.29 is 33.8 Å². The number of carboxylic acid groups (broad SMARTS) is 1. The molecule has 2 aliphatic carbocycles. The van der Waals surface area contributed by atoms with Gasteiger partial charge < -0.3 is 19.5 Å². The maximum atomic E-state index is 13.0. The topological polar surface area (TPSA) is 122 Å². The van der Waals surface area contributed by atoms with E-state index in [0.29, 0.717) is 0 Å². The Morgan fingerprint density at radius 3 is 2.09 bits per heavy atom. The van der Waals surface area contributed by atoms with Gasteiger partial charge in [0.15, 0.2) is 0 Å². The summed E-state index contributed by atoms with van der Waals surface area (Å²) in [5.41, 5.74) is 4.26. The first kappa shape index (κ1) is 22.9. The highest BCUT2D eigenvalue weighted by molar-refractivity contribution is 6.04. The number of nitrogens with zero attached hydrogens (tertiary/aromatic N) is 1. The predicted molar refractivity (Wildman–Crippen MR) is 123 cm³/mol. The van der Waals surface area contributed by atoms with Gasteiger partial charge >= 0.3 is 18.0 Å². The van der Waals surface area contributed by atoms with Crippen molar-refractivity contribution in [1.82, 2.24) is 10.2 Å². The van der Waals surface area contributed by atoms with E-state index in [-0.39, 0.29) is 44.1 Å². The molecule has 2 amide bonds. The van der Waals surface area contributed by atoms with Crippen molar-refractivity contribution >= 4 is 23.9 Å². The van der Waals surface area contributed by atoms with Gasteiger partial charge in [-0.25, -0.2) is 9.59 Å². The molecule has 3 aliphatic rings. The molecular formula is C26H26N2O7. The molecule has 4 atom stereocenters. The van der Waals surface area contributed by atoms with E-state index in [1.54, 1.807) is 6.92 Å². The van der Waals surface area contributed by atoms with Gasteiger partial charge in [-0.1, -0.05) is 48.5 Å². The normalized spacial score (nSPS) is 22.4. The summed E-state index contributed by atoms with van der Waals surface area (Å²) in [7, 11) is 0. The largest absolute Gasteiger partial charge is 0.481 e.